The van der Waals surface area contributed by atoms with E-state index in [0.29, 0.717) is 46.3 Å². The lowest BCUT2D eigenvalue weighted by atomic mass is 9.81. The van der Waals surface area contributed by atoms with E-state index in [1.807, 2.05) is 23.5 Å². The summed E-state index contributed by atoms with van der Waals surface area (Å²) in [4.78, 5) is 1.48. The van der Waals surface area contributed by atoms with E-state index in [-0.39, 0.29) is 0 Å². The molecular weight excluding hydrogens is 349 g/mol. The lowest BCUT2D eigenvalue weighted by Gasteiger charge is -2.37. The van der Waals surface area contributed by atoms with E-state index in [4.69, 9.17) is 27.9 Å². The standard InChI is InChI=1S/C18H19Cl2NOS/c19-14-3-1-4-16(18(14)20)22-10-13-12(17-5-2-8-23-17)9-11-6-7-15(13)21-11/h1-5,8,11-13,15,21H,6-7,9-10H2. The molecular formula is C18H19Cl2NOS. The zero-order valence-corrected chi connectivity index (χ0v) is 15.0. The maximum Gasteiger partial charge on any atom is 0.139 e. The Labute approximate surface area is 150 Å². The molecule has 2 aliphatic heterocycles. The topological polar surface area (TPSA) is 21.3 Å². The van der Waals surface area contributed by atoms with Crippen LogP contribution in [-0.4, -0.2) is 18.7 Å². The SMILES string of the molecule is Clc1cccc(OCC2C3CCC(CC2c2cccs2)N3)c1Cl. The second-order valence-corrected chi connectivity index (χ2v) is 8.20. The minimum atomic E-state index is 0.474. The molecule has 4 unspecified atom stereocenters. The van der Waals surface area contributed by atoms with Gasteiger partial charge in [-0.15, -0.1) is 11.3 Å². The number of thiophene rings is 1. The summed E-state index contributed by atoms with van der Waals surface area (Å²) in [7, 11) is 0. The summed E-state index contributed by atoms with van der Waals surface area (Å²) in [5.74, 6) is 1.73. The number of piperidine rings is 1. The van der Waals surface area contributed by atoms with Gasteiger partial charge in [0.1, 0.15) is 10.8 Å². The molecule has 2 saturated heterocycles. The van der Waals surface area contributed by atoms with Crippen LogP contribution in [-0.2, 0) is 0 Å². The van der Waals surface area contributed by atoms with Crippen molar-refractivity contribution in [2.75, 3.05) is 6.61 Å². The van der Waals surface area contributed by atoms with Crippen LogP contribution in [0.25, 0.3) is 0 Å². The summed E-state index contributed by atoms with van der Waals surface area (Å²) < 4.78 is 6.08. The summed E-state index contributed by atoms with van der Waals surface area (Å²) in [6, 6.07) is 11.2. The fraction of sp³-hybridized carbons (Fsp3) is 0.444. The van der Waals surface area contributed by atoms with Crippen LogP contribution in [0.1, 0.15) is 30.1 Å². The fourth-order valence-corrected chi connectivity index (χ4v) is 5.24. The highest BCUT2D eigenvalue weighted by molar-refractivity contribution is 7.10. The number of fused-ring (bicyclic) bond motifs is 2. The van der Waals surface area contributed by atoms with E-state index in [1.54, 1.807) is 6.07 Å². The van der Waals surface area contributed by atoms with Crippen molar-refractivity contribution in [3.05, 3.63) is 50.6 Å². The molecule has 2 aromatic rings. The minimum Gasteiger partial charge on any atom is -0.492 e. The molecule has 2 bridgehead atoms. The van der Waals surface area contributed by atoms with Gasteiger partial charge in [-0.2, -0.15) is 0 Å². The maximum absolute atomic E-state index is 6.25. The molecule has 2 aliphatic rings. The predicted octanol–water partition coefficient (Wildman–Crippen LogP) is 5.36. The van der Waals surface area contributed by atoms with Crippen molar-refractivity contribution in [2.45, 2.75) is 37.3 Å². The van der Waals surface area contributed by atoms with Crippen LogP contribution in [0.4, 0.5) is 0 Å². The molecule has 5 heteroatoms. The molecule has 0 spiro atoms. The number of nitrogens with one attached hydrogen (secondary N) is 1. The molecule has 4 rings (SSSR count). The zero-order valence-electron chi connectivity index (χ0n) is 12.7. The van der Waals surface area contributed by atoms with E-state index < -0.39 is 0 Å². The van der Waals surface area contributed by atoms with Crippen LogP contribution in [0.15, 0.2) is 35.7 Å². The third-order valence-electron chi connectivity index (χ3n) is 5.10. The highest BCUT2D eigenvalue weighted by Gasteiger charge is 2.42. The highest BCUT2D eigenvalue weighted by atomic mass is 35.5. The van der Waals surface area contributed by atoms with Crippen molar-refractivity contribution >= 4 is 34.5 Å². The summed E-state index contributed by atoms with van der Waals surface area (Å²) in [6.45, 7) is 0.674. The Morgan fingerprint density at radius 2 is 2.09 bits per heavy atom. The van der Waals surface area contributed by atoms with Gasteiger partial charge in [-0.3, -0.25) is 0 Å². The molecule has 1 aromatic carbocycles. The summed E-state index contributed by atoms with van der Waals surface area (Å²) in [5.41, 5.74) is 0. The average Bonchev–Trinajstić information content (AvgIpc) is 3.20. The summed E-state index contributed by atoms with van der Waals surface area (Å²) in [6.07, 6.45) is 3.72. The number of hydrogen-bond donors (Lipinski definition) is 1. The van der Waals surface area contributed by atoms with Crippen LogP contribution in [0.2, 0.25) is 10.0 Å². The van der Waals surface area contributed by atoms with E-state index in [1.165, 1.54) is 24.1 Å². The Hall–Kier alpha value is -0.740. The number of halogens is 2. The molecule has 0 amide bonds. The Bertz CT molecular complexity index is 676. The lowest BCUT2D eigenvalue weighted by molar-refractivity contribution is 0.160. The number of rotatable bonds is 4. The lowest BCUT2D eigenvalue weighted by Crippen LogP contribution is -2.46. The molecule has 0 radical (unpaired) electrons. The molecule has 1 N–H and O–H groups in total. The molecule has 3 heterocycles. The van der Waals surface area contributed by atoms with Crippen molar-refractivity contribution in [2.24, 2.45) is 5.92 Å². The van der Waals surface area contributed by atoms with Gasteiger partial charge in [0.05, 0.1) is 11.6 Å². The van der Waals surface area contributed by atoms with Crippen molar-refractivity contribution < 1.29 is 4.74 Å². The Kier molecular flexibility index (Phi) is 4.55. The molecule has 4 atom stereocenters. The van der Waals surface area contributed by atoms with Gasteiger partial charge in [-0.25, -0.2) is 0 Å². The molecule has 122 valence electrons. The second-order valence-electron chi connectivity index (χ2n) is 6.43. The van der Waals surface area contributed by atoms with Crippen LogP contribution < -0.4 is 10.1 Å². The van der Waals surface area contributed by atoms with Gasteiger partial charge in [0.2, 0.25) is 0 Å². The number of ether oxygens (including phenoxy) is 1. The van der Waals surface area contributed by atoms with Crippen LogP contribution in [0.3, 0.4) is 0 Å². The fourth-order valence-electron chi connectivity index (χ4n) is 3.98. The third kappa shape index (κ3) is 3.12. The van der Waals surface area contributed by atoms with E-state index >= 15 is 0 Å². The largest absolute Gasteiger partial charge is 0.492 e. The van der Waals surface area contributed by atoms with Crippen molar-refractivity contribution in [1.82, 2.24) is 5.32 Å². The van der Waals surface area contributed by atoms with Crippen LogP contribution >= 0.6 is 34.5 Å². The molecule has 2 fully saturated rings. The smallest absolute Gasteiger partial charge is 0.139 e. The third-order valence-corrected chi connectivity index (χ3v) is 6.91. The first-order valence-electron chi connectivity index (χ1n) is 8.08. The predicted molar refractivity (Wildman–Crippen MR) is 97.1 cm³/mol. The molecule has 23 heavy (non-hydrogen) atoms. The maximum atomic E-state index is 6.25. The Morgan fingerprint density at radius 3 is 2.91 bits per heavy atom. The van der Waals surface area contributed by atoms with E-state index in [2.05, 4.69) is 22.8 Å². The zero-order chi connectivity index (χ0) is 15.8. The average molecular weight is 368 g/mol. The minimum absolute atomic E-state index is 0.474. The van der Waals surface area contributed by atoms with Gasteiger partial charge in [0.25, 0.3) is 0 Å². The van der Waals surface area contributed by atoms with E-state index in [9.17, 15) is 0 Å². The quantitative estimate of drug-likeness (QED) is 0.785. The van der Waals surface area contributed by atoms with Gasteiger partial charge in [-0.1, -0.05) is 35.3 Å². The van der Waals surface area contributed by atoms with Crippen LogP contribution in [0.5, 0.6) is 5.75 Å². The first-order valence-corrected chi connectivity index (χ1v) is 9.72. The molecule has 2 nitrogen and oxygen atoms in total. The van der Waals surface area contributed by atoms with Crippen LogP contribution in [0, 0.1) is 5.92 Å². The Balaban J connectivity index is 1.54. The van der Waals surface area contributed by atoms with Gasteiger partial charge in [-0.05, 0) is 42.8 Å². The van der Waals surface area contributed by atoms with E-state index in [0.717, 1.165) is 0 Å². The summed E-state index contributed by atoms with van der Waals surface area (Å²) >= 11 is 14.2. The first kappa shape index (κ1) is 15.8. The highest BCUT2D eigenvalue weighted by Crippen LogP contribution is 2.43. The first-order chi connectivity index (χ1) is 11.2. The van der Waals surface area contributed by atoms with Gasteiger partial charge >= 0.3 is 0 Å². The normalized spacial score (nSPS) is 29.7. The van der Waals surface area contributed by atoms with Crippen molar-refractivity contribution in [1.29, 1.82) is 0 Å². The van der Waals surface area contributed by atoms with Crippen molar-refractivity contribution in [3.63, 3.8) is 0 Å². The number of benzene rings is 1. The van der Waals surface area contributed by atoms with Gasteiger partial charge in [0.15, 0.2) is 0 Å². The second kappa shape index (κ2) is 6.64. The molecule has 0 saturated carbocycles. The Morgan fingerprint density at radius 1 is 1.17 bits per heavy atom. The van der Waals surface area contributed by atoms with Gasteiger partial charge in [0, 0.05) is 28.8 Å². The van der Waals surface area contributed by atoms with Gasteiger partial charge < -0.3 is 10.1 Å². The van der Waals surface area contributed by atoms with Crippen molar-refractivity contribution in [3.8, 4) is 5.75 Å². The molecule has 0 aliphatic carbocycles. The molecule has 1 aromatic heterocycles. The number of hydrogen-bond acceptors (Lipinski definition) is 3. The summed E-state index contributed by atoms with van der Waals surface area (Å²) in [5, 5.41) is 6.98. The monoisotopic (exact) mass is 367 g/mol.